The molecule has 0 aliphatic carbocycles. The zero-order valence-electron chi connectivity index (χ0n) is 15.8. The van der Waals surface area contributed by atoms with Gasteiger partial charge in [-0.25, -0.2) is 0 Å². The van der Waals surface area contributed by atoms with Crippen molar-refractivity contribution in [1.29, 1.82) is 0 Å². The van der Waals surface area contributed by atoms with E-state index >= 15 is 0 Å². The number of ketones is 1. The van der Waals surface area contributed by atoms with Crippen LogP contribution in [0.1, 0.15) is 37.6 Å². The molecule has 1 N–H and O–H groups in total. The van der Waals surface area contributed by atoms with Gasteiger partial charge in [-0.3, -0.25) is 14.4 Å². The molecule has 142 valence electrons. The lowest BCUT2D eigenvalue weighted by Gasteiger charge is -2.21. The van der Waals surface area contributed by atoms with Gasteiger partial charge in [0.25, 0.3) is 0 Å². The molecule has 0 unspecified atom stereocenters. The van der Waals surface area contributed by atoms with E-state index in [0.29, 0.717) is 23.5 Å². The summed E-state index contributed by atoms with van der Waals surface area (Å²) in [6.07, 6.45) is 0.136. The van der Waals surface area contributed by atoms with E-state index < -0.39 is 0 Å². The third kappa shape index (κ3) is 5.95. The van der Waals surface area contributed by atoms with Gasteiger partial charge < -0.3 is 15.0 Å². The Balaban J connectivity index is 1.99. The molecule has 0 atom stereocenters. The second-order valence-electron chi connectivity index (χ2n) is 6.03. The van der Waals surface area contributed by atoms with Crippen LogP contribution in [-0.2, 0) is 9.59 Å². The summed E-state index contributed by atoms with van der Waals surface area (Å²) in [7, 11) is 0. The minimum Gasteiger partial charge on any atom is -0.494 e. The van der Waals surface area contributed by atoms with Crippen molar-refractivity contribution in [2.45, 2.75) is 27.2 Å². The molecule has 2 rings (SSSR count). The minimum atomic E-state index is -0.201. The van der Waals surface area contributed by atoms with Gasteiger partial charge in [0.15, 0.2) is 5.78 Å². The smallest absolute Gasteiger partial charge is 0.226 e. The molecule has 6 heteroatoms. The molecule has 2 amide bonds. The number of ether oxygens (including phenoxy) is 1. The number of benzene rings is 2. The predicted molar refractivity (Wildman–Crippen MR) is 105 cm³/mol. The molecule has 2 aromatic rings. The minimum absolute atomic E-state index is 0.0754. The molecule has 6 nitrogen and oxygen atoms in total. The number of amides is 2. The van der Waals surface area contributed by atoms with Gasteiger partial charge in [0, 0.05) is 36.8 Å². The Morgan fingerprint density at radius 2 is 1.74 bits per heavy atom. The van der Waals surface area contributed by atoms with Crippen molar-refractivity contribution in [2.75, 3.05) is 23.4 Å². The molecule has 0 saturated carbocycles. The van der Waals surface area contributed by atoms with Crippen LogP contribution in [0.3, 0.4) is 0 Å². The van der Waals surface area contributed by atoms with Crippen LogP contribution < -0.4 is 15.0 Å². The first-order chi connectivity index (χ1) is 12.9. The largest absolute Gasteiger partial charge is 0.494 e. The van der Waals surface area contributed by atoms with E-state index in [9.17, 15) is 14.4 Å². The van der Waals surface area contributed by atoms with Crippen molar-refractivity contribution >= 4 is 29.0 Å². The predicted octanol–water partition coefficient (Wildman–Crippen LogP) is 3.67. The zero-order valence-corrected chi connectivity index (χ0v) is 15.8. The van der Waals surface area contributed by atoms with Gasteiger partial charge in [0.2, 0.25) is 11.8 Å². The maximum Gasteiger partial charge on any atom is 0.226 e. The van der Waals surface area contributed by atoms with Crippen LogP contribution >= 0.6 is 0 Å². The number of rotatable bonds is 8. The number of hydrogen-bond acceptors (Lipinski definition) is 4. The second kappa shape index (κ2) is 9.52. The van der Waals surface area contributed by atoms with Crippen molar-refractivity contribution in [3.8, 4) is 5.75 Å². The van der Waals surface area contributed by atoms with Gasteiger partial charge in [-0.15, -0.1) is 0 Å². The van der Waals surface area contributed by atoms with Crippen molar-refractivity contribution in [2.24, 2.45) is 0 Å². The molecule has 0 aliphatic rings. The van der Waals surface area contributed by atoms with Gasteiger partial charge in [-0.2, -0.15) is 0 Å². The first kappa shape index (κ1) is 20.2. The van der Waals surface area contributed by atoms with Crippen molar-refractivity contribution in [3.05, 3.63) is 54.1 Å². The summed E-state index contributed by atoms with van der Waals surface area (Å²) >= 11 is 0. The lowest BCUT2D eigenvalue weighted by Crippen LogP contribution is -2.32. The Bertz CT molecular complexity index is 815. The van der Waals surface area contributed by atoms with E-state index in [1.165, 1.54) is 18.7 Å². The molecule has 0 saturated heterocycles. The number of hydrogen-bond donors (Lipinski definition) is 1. The number of carbonyl (C=O) groups is 3. The molecule has 27 heavy (non-hydrogen) atoms. The molecule has 0 radical (unpaired) electrons. The van der Waals surface area contributed by atoms with Crippen LogP contribution in [-0.4, -0.2) is 30.7 Å². The van der Waals surface area contributed by atoms with Crippen LogP contribution in [0, 0.1) is 0 Å². The molecular formula is C21H24N2O4. The lowest BCUT2D eigenvalue weighted by molar-refractivity contribution is -0.117. The normalized spacial score (nSPS) is 10.2. The number of carbonyl (C=O) groups excluding carboxylic acids is 3. The molecule has 0 heterocycles. The highest BCUT2D eigenvalue weighted by atomic mass is 16.5. The van der Waals surface area contributed by atoms with Gasteiger partial charge >= 0.3 is 0 Å². The monoisotopic (exact) mass is 368 g/mol. The molecule has 0 fully saturated rings. The highest BCUT2D eigenvalue weighted by Crippen LogP contribution is 2.18. The molecular weight excluding hydrogens is 344 g/mol. The van der Waals surface area contributed by atoms with Crippen LogP contribution in [0.25, 0.3) is 0 Å². The third-order valence-corrected chi connectivity index (χ3v) is 3.96. The summed E-state index contributed by atoms with van der Waals surface area (Å²) in [5.74, 6) is 0.273. The Labute approximate surface area is 159 Å². The van der Waals surface area contributed by atoms with Gasteiger partial charge in [-0.05, 0) is 50.2 Å². The SMILES string of the molecule is CCOc1ccc(NC(=O)CCN(C(C)=O)c2cccc(C(C)=O)c2)cc1. The maximum absolute atomic E-state index is 12.2. The summed E-state index contributed by atoms with van der Waals surface area (Å²) in [6, 6.07) is 13.9. The lowest BCUT2D eigenvalue weighted by atomic mass is 10.1. The Kier molecular flexibility index (Phi) is 7.11. The molecule has 0 bridgehead atoms. The fourth-order valence-corrected chi connectivity index (χ4v) is 2.60. The van der Waals surface area contributed by atoms with Crippen LogP contribution in [0.15, 0.2) is 48.5 Å². The fraction of sp³-hybridized carbons (Fsp3) is 0.286. The summed E-state index contributed by atoms with van der Waals surface area (Å²) in [6.45, 7) is 5.62. The summed E-state index contributed by atoms with van der Waals surface area (Å²) in [5.41, 5.74) is 1.79. The highest BCUT2D eigenvalue weighted by Gasteiger charge is 2.15. The van der Waals surface area contributed by atoms with Crippen LogP contribution in [0.4, 0.5) is 11.4 Å². The molecule has 0 aliphatic heterocycles. The Morgan fingerprint density at radius 3 is 2.33 bits per heavy atom. The van der Waals surface area contributed by atoms with E-state index in [2.05, 4.69) is 5.32 Å². The van der Waals surface area contributed by atoms with E-state index in [0.717, 1.165) is 5.75 Å². The maximum atomic E-state index is 12.2. The fourth-order valence-electron chi connectivity index (χ4n) is 2.60. The van der Waals surface area contributed by atoms with Crippen LogP contribution in [0.5, 0.6) is 5.75 Å². The molecule has 0 spiro atoms. The van der Waals surface area contributed by atoms with Gasteiger partial charge in [0.05, 0.1) is 6.61 Å². The summed E-state index contributed by atoms with van der Waals surface area (Å²) in [4.78, 5) is 37.3. The van der Waals surface area contributed by atoms with Crippen molar-refractivity contribution < 1.29 is 19.1 Å². The second-order valence-corrected chi connectivity index (χ2v) is 6.03. The Hall–Kier alpha value is -3.15. The van der Waals surface area contributed by atoms with Gasteiger partial charge in [0.1, 0.15) is 5.75 Å². The summed E-state index contributed by atoms with van der Waals surface area (Å²) < 4.78 is 5.37. The highest BCUT2D eigenvalue weighted by molar-refractivity contribution is 5.98. The average molecular weight is 368 g/mol. The first-order valence-electron chi connectivity index (χ1n) is 8.82. The van der Waals surface area contributed by atoms with E-state index in [4.69, 9.17) is 4.74 Å². The average Bonchev–Trinajstić information content (AvgIpc) is 2.63. The van der Waals surface area contributed by atoms with Gasteiger partial charge in [-0.1, -0.05) is 12.1 Å². The summed E-state index contributed by atoms with van der Waals surface area (Å²) in [5, 5.41) is 2.80. The molecule has 0 aromatic heterocycles. The zero-order chi connectivity index (χ0) is 19.8. The topological polar surface area (TPSA) is 75.7 Å². The number of Topliss-reactive ketones (excluding diaryl/α,β-unsaturated/α-hetero) is 1. The number of anilines is 2. The van der Waals surface area contributed by atoms with E-state index in [-0.39, 0.29) is 30.6 Å². The number of nitrogens with zero attached hydrogens (tertiary/aromatic N) is 1. The van der Waals surface area contributed by atoms with E-state index in [1.807, 2.05) is 6.92 Å². The quantitative estimate of drug-likeness (QED) is 0.722. The third-order valence-electron chi connectivity index (χ3n) is 3.96. The van der Waals surface area contributed by atoms with Crippen molar-refractivity contribution in [3.63, 3.8) is 0 Å². The van der Waals surface area contributed by atoms with E-state index in [1.54, 1.807) is 48.5 Å². The standard InChI is InChI=1S/C21H24N2O4/c1-4-27-20-10-8-18(9-11-20)22-21(26)12-13-23(16(3)25)19-7-5-6-17(14-19)15(2)24/h5-11,14H,4,12-13H2,1-3H3,(H,22,26). The Morgan fingerprint density at radius 1 is 1.04 bits per heavy atom. The number of nitrogens with one attached hydrogen (secondary N) is 1. The first-order valence-corrected chi connectivity index (χ1v) is 8.82. The van der Waals surface area contributed by atoms with Crippen molar-refractivity contribution in [1.82, 2.24) is 0 Å². The van der Waals surface area contributed by atoms with Crippen LogP contribution in [0.2, 0.25) is 0 Å². The molecule has 2 aromatic carbocycles.